The largest absolute Gasteiger partial charge is 0.417 e. The predicted molar refractivity (Wildman–Crippen MR) is 88.8 cm³/mol. The summed E-state index contributed by atoms with van der Waals surface area (Å²) in [5.41, 5.74) is -1.61. The molecule has 4 aliphatic rings. The van der Waals surface area contributed by atoms with Gasteiger partial charge >= 0.3 is 6.18 Å². The molecule has 0 amide bonds. The second kappa shape index (κ2) is 5.60. The third-order valence-electron chi connectivity index (χ3n) is 6.05. The van der Waals surface area contributed by atoms with Crippen LogP contribution in [0.3, 0.4) is 0 Å². The molecule has 1 saturated carbocycles. The molecule has 1 aliphatic carbocycles. The Morgan fingerprint density at radius 1 is 1.23 bits per heavy atom. The van der Waals surface area contributed by atoms with E-state index in [1.165, 1.54) is 12.1 Å². The Morgan fingerprint density at radius 2 is 1.96 bits per heavy atom. The van der Waals surface area contributed by atoms with Crippen LogP contribution in [0.2, 0.25) is 0 Å². The van der Waals surface area contributed by atoms with Gasteiger partial charge in [0.05, 0.1) is 28.1 Å². The molecule has 1 aromatic carbocycles. The van der Waals surface area contributed by atoms with E-state index in [0.717, 1.165) is 29.3 Å². The zero-order valence-electron chi connectivity index (χ0n) is 14.1. The summed E-state index contributed by atoms with van der Waals surface area (Å²) < 4.78 is 67.1. The lowest BCUT2D eigenvalue weighted by Gasteiger charge is -2.49. The van der Waals surface area contributed by atoms with Crippen molar-refractivity contribution >= 4 is 15.7 Å². The molecule has 140 valence electrons. The van der Waals surface area contributed by atoms with E-state index in [-0.39, 0.29) is 30.1 Å². The number of hydrogen-bond donors (Lipinski definition) is 0. The van der Waals surface area contributed by atoms with E-state index in [4.69, 9.17) is 5.26 Å². The van der Waals surface area contributed by atoms with E-state index in [9.17, 15) is 21.6 Å². The summed E-state index contributed by atoms with van der Waals surface area (Å²) in [6.07, 6.45) is -2.95. The number of alkyl halides is 3. The summed E-state index contributed by atoms with van der Waals surface area (Å²) in [6.45, 7) is 0.905. The molecule has 9 heteroatoms. The van der Waals surface area contributed by atoms with Crippen molar-refractivity contribution in [3.8, 4) is 6.07 Å². The number of nitrogens with zero attached hydrogens (tertiary/aromatic N) is 3. The van der Waals surface area contributed by atoms with E-state index in [1.807, 2.05) is 7.05 Å². The van der Waals surface area contributed by atoms with Crippen LogP contribution in [0.25, 0.3) is 0 Å². The minimum atomic E-state index is -4.71. The highest BCUT2D eigenvalue weighted by molar-refractivity contribution is 7.93. The van der Waals surface area contributed by atoms with Gasteiger partial charge in [-0.2, -0.15) is 18.4 Å². The van der Waals surface area contributed by atoms with Gasteiger partial charge in [-0.1, -0.05) is 0 Å². The maximum absolute atomic E-state index is 13.3. The molecule has 1 aromatic rings. The Balaban J connectivity index is 1.77. The summed E-state index contributed by atoms with van der Waals surface area (Å²) in [5, 5.41) is 8.40. The first kappa shape index (κ1) is 17.6. The summed E-state index contributed by atoms with van der Waals surface area (Å²) >= 11 is 0. The Hall–Kier alpha value is -1.79. The van der Waals surface area contributed by atoms with Gasteiger partial charge in [-0.3, -0.25) is 4.31 Å². The van der Waals surface area contributed by atoms with E-state index in [1.54, 1.807) is 0 Å². The number of rotatable bonds is 1. The maximum atomic E-state index is 13.3. The Labute approximate surface area is 150 Å². The average Bonchev–Trinajstić information content (AvgIpc) is 2.87. The summed E-state index contributed by atoms with van der Waals surface area (Å²) in [6, 6.07) is 4.81. The monoisotopic (exact) mass is 385 g/mol. The van der Waals surface area contributed by atoms with Crippen molar-refractivity contribution in [1.29, 1.82) is 5.26 Å². The number of fused-ring (bicyclic) bond motifs is 2. The highest BCUT2D eigenvalue weighted by atomic mass is 32.2. The fraction of sp³-hybridized carbons (Fsp3) is 0.588. The van der Waals surface area contributed by atoms with Crippen molar-refractivity contribution in [1.82, 2.24) is 4.90 Å². The number of anilines is 1. The van der Waals surface area contributed by atoms with Crippen molar-refractivity contribution in [3.05, 3.63) is 29.3 Å². The number of sulfonamides is 1. The van der Waals surface area contributed by atoms with Gasteiger partial charge in [0.25, 0.3) is 0 Å². The van der Waals surface area contributed by atoms with Gasteiger partial charge in [0.1, 0.15) is 0 Å². The molecule has 3 heterocycles. The van der Waals surface area contributed by atoms with Crippen LogP contribution in [-0.2, 0) is 16.2 Å². The summed E-state index contributed by atoms with van der Waals surface area (Å²) in [4.78, 5) is 2.17. The Bertz CT molecular complexity index is 893. The minimum absolute atomic E-state index is 0.00669. The first-order valence-corrected chi connectivity index (χ1v) is 9.98. The molecular weight excluding hydrogens is 367 g/mol. The van der Waals surface area contributed by atoms with Crippen molar-refractivity contribution in [2.45, 2.75) is 30.3 Å². The number of piperidine rings is 2. The van der Waals surface area contributed by atoms with Gasteiger partial charge in [0, 0.05) is 25.0 Å². The minimum Gasteiger partial charge on any atom is -0.303 e. The van der Waals surface area contributed by atoms with Crippen LogP contribution < -0.4 is 4.31 Å². The molecule has 5 nitrogen and oxygen atoms in total. The molecule has 0 N–H and O–H groups in total. The van der Waals surface area contributed by atoms with Crippen LogP contribution in [0.5, 0.6) is 0 Å². The second-order valence-electron chi connectivity index (χ2n) is 7.39. The van der Waals surface area contributed by atoms with Gasteiger partial charge in [-0.05, 0) is 44.0 Å². The smallest absolute Gasteiger partial charge is 0.303 e. The standard InChI is InChI=1S/C17H18F3N3O2S/c1-22-8-11-3-5-15(22)13-9-23(26(24,25)16(11)13)12-4-2-10(7-21)14(6-12)17(18,19)20/h2,4,6,11,13,15-16H,3,5,8-9H2,1H3/t11-,13+,15-,16-/m0/s1. The molecule has 4 fully saturated rings. The first-order chi connectivity index (χ1) is 12.1. The molecule has 2 bridgehead atoms. The Kier molecular flexibility index (Phi) is 3.80. The maximum Gasteiger partial charge on any atom is 0.417 e. The molecular formula is C17H18F3N3O2S. The number of hydrogen-bond acceptors (Lipinski definition) is 4. The van der Waals surface area contributed by atoms with Gasteiger partial charge in [0.15, 0.2) is 0 Å². The molecule has 5 rings (SSSR count). The van der Waals surface area contributed by atoms with Crippen LogP contribution in [0.4, 0.5) is 18.9 Å². The molecule has 0 unspecified atom stereocenters. The molecule has 0 aromatic heterocycles. The average molecular weight is 385 g/mol. The fourth-order valence-corrected chi connectivity index (χ4v) is 7.48. The van der Waals surface area contributed by atoms with E-state index in [0.29, 0.717) is 6.54 Å². The van der Waals surface area contributed by atoms with E-state index in [2.05, 4.69) is 4.90 Å². The molecule has 3 aliphatic heterocycles. The number of benzene rings is 1. The van der Waals surface area contributed by atoms with Crippen LogP contribution in [0.15, 0.2) is 18.2 Å². The molecule has 26 heavy (non-hydrogen) atoms. The highest BCUT2D eigenvalue weighted by Crippen LogP contribution is 2.48. The summed E-state index contributed by atoms with van der Waals surface area (Å²) in [5.74, 6) is -0.0760. The molecule has 0 spiro atoms. The van der Waals surface area contributed by atoms with Crippen LogP contribution >= 0.6 is 0 Å². The topological polar surface area (TPSA) is 64.4 Å². The third kappa shape index (κ3) is 2.42. The van der Waals surface area contributed by atoms with Crippen LogP contribution in [0, 0.1) is 23.2 Å². The van der Waals surface area contributed by atoms with Crippen molar-refractivity contribution < 1.29 is 21.6 Å². The normalized spacial score (nSPS) is 33.1. The van der Waals surface area contributed by atoms with Crippen molar-refractivity contribution in [2.24, 2.45) is 11.8 Å². The van der Waals surface area contributed by atoms with Gasteiger partial charge < -0.3 is 4.90 Å². The Morgan fingerprint density at radius 3 is 2.58 bits per heavy atom. The lowest BCUT2D eigenvalue weighted by atomic mass is 9.72. The quantitative estimate of drug-likeness (QED) is 0.745. The van der Waals surface area contributed by atoms with Crippen LogP contribution in [-0.4, -0.2) is 44.7 Å². The predicted octanol–water partition coefficient (Wildman–Crippen LogP) is 2.44. The summed E-state index contributed by atoms with van der Waals surface area (Å²) in [7, 11) is -1.74. The number of halogens is 3. The first-order valence-electron chi connectivity index (χ1n) is 8.47. The number of nitriles is 1. The lowest BCUT2D eigenvalue weighted by molar-refractivity contribution is -0.137. The zero-order chi connectivity index (χ0) is 18.9. The molecule has 4 atom stereocenters. The second-order valence-corrected chi connectivity index (χ2v) is 9.40. The van der Waals surface area contributed by atoms with Crippen molar-refractivity contribution in [3.63, 3.8) is 0 Å². The van der Waals surface area contributed by atoms with Crippen LogP contribution in [0.1, 0.15) is 24.0 Å². The molecule has 3 saturated heterocycles. The third-order valence-corrected chi connectivity index (χ3v) is 8.44. The SMILES string of the molecule is CN1C[C@@H]2CC[C@H]1[C@H]1CN(c3ccc(C#N)c(C(F)(F)F)c3)S(=O)(=O)[C@@H]21. The van der Waals surface area contributed by atoms with Gasteiger partial charge in [-0.15, -0.1) is 0 Å². The van der Waals surface area contributed by atoms with Crippen molar-refractivity contribution in [2.75, 3.05) is 24.4 Å². The van der Waals surface area contributed by atoms with Gasteiger partial charge in [0.2, 0.25) is 10.0 Å². The lowest BCUT2D eigenvalue weighted by Crippen LogP contribution is -2.58. The zero-order valence-corrected chi connectivity index (χ0v) is 14.9. The van der Waals surface area contributed by atoms with Gasteiger partial charge in [-0.25, -0.2) is 8.42 Å². The molecule has 0 radical (unpaired) electrons. The fourth-order valence-electron chi connectivity index (χ4n) is 4.98. The van der Waals surface area contributed by atoms with E-state index >= 15 is 0 Å². The van der Waals surface area contributed by atoms with E-state index < -0.39 is 32.6 Å². The highest BCUT2D eigenvalue weighted by Gasteiger charge is 2.58.